The molecular weight excluding hydrogens is 260 g/mol. The lowest BCUT2D eigenvalue weighted by Gasteiger charge is -2.35. The highest BCUT2D eigenvalue weighted by atomic mass is 16.5. The molecule has 1 saturated heterocycles. The Labute approximate surface area is 117 Å². The summed E-state index contributed by atoms with van der Waals surface area (Å²) < 4.78 is 5.22. The summed E-state index contributed by atoms with van der Waals surface area (Å²) >= 11 is 0. The van der Waals surface area contributed by atoms with Crippen molar-refractivity contribution in [1.29, 1.82) is 0 Å². The summed E-state index contributed by atoms with van der Waals surface area (Å²) in [6.07, 6.45) is 1.06. The van der Waals surface area contributed by atoms with Crippen molar-refractivity contribution in [2.45, 2.75) is 18.4 Å². The first-order valence-corrected chi connectivity index (χ1v) is 6.53. The predicted octanol–water partition coefficient (Wildman–Crippen LogP) is -0.0193. The molecule has 1 aliphatic heterocycles. The molecule has 2 heterocycles. The van der Waals surface area contributed by atoms with Crippen LogP contribution in [0.4, 0.5) is 5.82 Å². The minimum Gasteiger partial charge on any atom is -0.388 e. The number of aromatic nitrogens is 1. The summed E-state index contributed by atoms with van der Waals surface area (Å²) in [6, 6.07) is 4.99. The molecule has 4 N–H and O–H groups in total. The minimum absolute atomic E-state index is 0.248. The van der Waals surface area contributed by atoms with Gasteiger partial charge in [-0.15, -0.1) is 0 Å². The van der Waals surface area contributed by atoms with Crippen LogP contribution in [0.25, 0.3) is 0 Å². The van der Waals surface area contributed by atoms with Crippen LogP contribution in [-0.2, 0) is 4.74 Å². The Kier molecular flexibility index (Phi) is 4.53. The number of anilines is 1. The number of rotatable bonds is 4. The first-order valence-electron chi connectivity index (χ1n) is 6.53. The van der Waals surface area contributed by atoms with Gasteiger partial charge < -0.3 is 20.2 Å². The van der Waals surface area contributed by atoms with Crippen LogP contribution in [0.1, 0.15) is 23.3 Å². The number of aliphatic hydroxyl groups is 1. The fraction of sp³-hybridized carbons (Fsp3) is 0.538. The summed E-state index contributed by atoms with van der Waals surface area (Å²) in [5.41, 5.74) is 1.81. The highest BCUT2D eigenvalue weighted by molar-refractivity contribution is 5.92. The molecule has 0 unspecified atom stereocenters. The van der Waals surface area contributed by atoms with Crippen molar-refractivity contribution >= 4 is 11.7 Å². The highest BCUT2D eigenvalue weighted by Gasteiger charge is 2.32. The first-order chi connectivity index (χ1) is 9.54. The SMILES string of the molecule is CN(CC1(O)CCOCC1)C(=O)c1cccc(NN)n1. The molecule has 0 aromatic carbocycles. The molecule has 1 fully saturated rings. The number of nitrogens with zero attached hydrogens (tertiary/aromatic N) is 2. The van der Waals surface area contributed by atoms with Crippen molar-refractivity contribution in [3.8, 4) is 0 Å². The van der Waals surface area contributed by atoms with E-state index in [1.54, 1.807) is 25.2 Å². The molecule has 1 amide bonds. The summed E-state index contributed by atoms with van der Waals surface area (Å²) in [7, 11) is 1.65. The first kappa shape index (κ1) is 14.7. The van der Waals surface area contributed by atoms with Gasteiger partial charge in [0.05, 0.1) is 5.60 Å². The van der Waals surface area contributed by atoms with Crippen molar-refractivity contribution in [3.63, 3.8) is 0 Å². The molecular formula is C13H20N4O3. The second kappa shape index (κ2) is 6.17. The number of nitrogen functional groups attached to an aromatic ring is 1. The van der Waals surface area contributed by atoms with Gasteiger partial charge in [0.15, 0.2) is 0 Å². The largest absolute Gasteiger partial charge is 0.388 e. The van der Waals surface area contributed by atoms with Gasteiger partial charge in [-0.25, -0.2) is 10.8 Å². The number of nitrogens with one attached hydrogen (secondary N) is 1. The quantitative estimate of drug-likeness (QED) is 0.529. The Balaban J connectivity index is 2.04. The number of likely N-dealkylation sites (N-methyl/N-ethyl adjacent to an activating group) is 1. The second-order valence-corrected chi connectivity index (χ2v) is 5.05. The third kappa shape index (κ3) is 3.44. The van der Waals surface area contributed by atoms with E-state index in [9.17, 15) is 9.90 Å². The van der Waals surface area contributed by atoms with Crippen molar-refractivity contribution in [3.05, 3.63) is 23.9 Å². The van der Waals surface area contributed by atoms with Gasteiger partial charge >= 0.3 is 0 Å². The lowest BCUT2D eigenvalue weighted by molar-refractivity contribution is -0.0734. The molecule has 0 saturated carbocycles. The molecule has 20 heavy (non-hydrogen) atoms. The molecule has 0 aliphatic carbocycles. The minimum atomic E-state index is -0.883. The smallest absolute Gasteiger partial charge is 0.272 e. The Hall–Kier alpha value is -1.70. The summed E-state index contributed by atoms with van der Waals surface area (Å²) in [4.78, 5) is 17.9. The number of carbonyl (C=O) groups is 1. The zero-order valence-corrected chi connectivity index (χ0v) is 11.5. The molecule has 1 aliphatic rings. The standard InChI is InChI=1S/C13H20N4O3/c1-17(9-13(19)5-7-20-8-6-13)12(18)10-3-2-4-11(15-10)16-14/h2-4,19H,5-9,14H2,1H3,(H,15,16). The predicted molar refractivity (Wildman–Crippen MR) is 74.0 cm³/mol. The average Bonchev–Trinajstić information content (AvgIpc) is 2.46. The number of carbonyl (C=O) groups excluding carboxylic acids is 1. The van der Waals surface area contributed by atoms with Crippen molar-refractivity contribution in [2.24, 2.45) is 5.84 Å². The highest BCUT2D eigenvalue weighted by Crippen LogP contribution is 2.21. The monoisotopic (exact) mass is 280 g/mol. The van der Waals surface area contributed by atoms with Crippen molar-refractivity contribution < 1.29 is 14.6 Å². The maximum Gasteiger partial charge on any atom is 0.272 e. The van der Waals surface area contributed by atoms with Gasteiger partial charge in [-0.1, -0.05) is 6.07 Å². The number of hydrazine groups is 1. The molecule has 1 aromatic heterocycles. The van der Waals surface area contributed by atoms with Gasteiger partial charge in [0.2, 0.25) is 0 Å². The molecule has 0 radical (unpaired) electrons. The van der Waals surface area contributed by atoms with Crippen LogP contribution < -0.4 is 11.3 Å². The van der Waals surface area contributed by atoms with Gasteiger partial charge in [0.25, 0.3) is 5.91 Å². The Morgan fingerprint density at radius 2 is 2.25 bits per heavy atom. The zero-order valence-electron chi connectivity index (χ0n) is 11.5. The van der Waals surface area contributed by atoms with Crippen LogP contribution >= 0.6 is 0 Å². The van der Waals surface area contributed by atoms with E-state index in [2.05, 4.69) is 10.4 Å². The van der Waals surface area contributed by atoms with E-state index in [0.717, 1.165) is 0 Å². The fourth-order valence-electron chi connectivity index (χ4n) is 2.25. The number of hydrogen-bond acceptors (Lipinski definition) is 6. The maximum absolute atomic E-state index is 12.3. The van der Waals surface area contributed by atoms with Crippen molar-refractivity contribution in [2.75, 3.05) is 32.2 Å². The van der Waals surface area contributed by atoms with E-state index < -0.39 is 5.60 Å². The number of hydrogen-bond donors (Lipinski definition) is 3. The molecule has 0 atom stereocenters. The Bertz CT molecular complexity index is 474. The van der Waals surface area contributed by atoms with E-state index in [-0.39, 0.29) is 12.5 Å². The van der Waals surface area contributed by atoms with Crippen LogP contribution in [-0.4, -0.2) is 53.3 Å². The fourth-order valence-corrected chi connectivity index (χ4v) is 2.25. The van der Waals surface area contributed by atoms with Gasteiger partial charge in [-0.3, -0.25) is 4.79 Å². The van der Waals surface area contributed by atoms with Crippen LogP contribution in [0, 0.1) is 0 Å². The van der Waals surface area contributed by atoms with Crippen LogP contribution in [0.15, 0.2) is 18.2 Å². The van der Waals surface area contributed by atoms with Gasteiger partial charge in [-0.2, -0.15) is 0 Å². The Morgan fingerprint density at radius 1 is 1.55 bits per heavy atom. The molecule has 0 spiro atoms. The molecule has 0 bridgehead atoms. The van der Waals surface area contributed by atoms with Crippen LogP contribution in [0.3, 0.4) is 0 Å². The lowest BCUT2D eigenvalue weighted by Crippen LogP contribution is -2.47. The second-order valence-electron chi connectivity index (χ2n) is 5.05. The van der Waals surface area contributed by atoms with E-state index in [1.165, 1.54) is 4.90 Å². The van der Waals surface area contributed by atoms with E-state index in [0.29, 0.717) is 37.6 Å². The third-order valence-corrected chi connectivity index (χ3v) is 3.42. The van der Waals surface area contributed by atoms with Crippen molar-refractivity contribution in [1.82, 2.24) is 9.88 Å². The number of pyridine rings is 1. The van der Waals surface area contributed by atoms with E-state index in [1.807, 2.05) is 0 Å². The van der Waals surface area contributed by atoms with Crippen LogP contribution in [0.2, 0.25) is 0 Å². The number of ether oxygens (including phenoxy) is 1. The molecule has 110 valence electrons. The summed E-state index contributed by atoms with van der Waals surface area (Å²) in [5.74, 6) is 5.45. The summed E-state index contributed by atoms with van der Waals surface area (Å²) in [6.45, 7) is 1.30. The molecule has 2 rings (SSSR count). The third-order valence-electron chi connectivity index (χ3n) is 3.42. The number of amides is 1. The van der Waals surface area contributed by atoms with E-state index in [4.69, 9.17) is 10.6 Å². The summed E-state index contributed by atoms with van der Waals surface area (Å²) in [5, 5.41) is 10.4. The van der Waals surface area contributed by atoms with Crippen LogP contribution in [0.5, 0.6) is 0 Å². The maximum atomic E-state index is 12.3. The van der Waals surface area contributed by atoms with Gasteiger partial charge in [0.1, 0.15) is 11.5 Å². The van der Waals surface area contributed by atoms with Gasteiger partial charge in [-0.05, 0) is 12.1 Å². The molecule has 1 aromatic rings. The average molecular weight is 280 g/mol. The molecule has 7 nitrogen and oxygen atoms in total. The Morgan fingerprint density at radius 3 is 2.90 bits per heavy atom. The molecule has 7 heteroatoms. The number of nitrogens with two attached hydrogens (primary N) is 1. The lowest BCUT2D eigenvalue weighted by atomic mass is 9.94. The normalized spacial score (nSPS) is 17.6. The topological polar surface area (TPSA) is 101 Å². The zero-order chi connectivity index (χ0) is 14.6. The van der Waals surface area contributed by atoms with Gasteiger partial charge in [0, 0.05) is 39.6 Å². The van der Waals surface area contributed by atoms with E-state index >= 15 is 0 Å².